The van der Waals surface area contributed by atoms with E-state index in [0.29, 0.717) is 10.9 Å². The Kier molecular flexibility index (Phi) is 4.18. The van der Waals surface area contributed by atoms with Gasteiger partial charge in [-0.25, -0.2) is 0 Å². The van der Waals surface area contributed by atoms with Gasteiger partial charge in [0.2, 0.25) is 5.78 Å². The number of phenolic OH excluding ortho intramolecular Hbond substituents is 2. The molecule has 0 aromatic heterocycles. The van der Waals surface area contributed by atoms with E-state index in [0.717, 1.165) is 24.8 Å². The van der Waals surface area contributed by atoms with Crippen LogP contribution in [-0.2, 0) is 16.0 Å². The summed E-state index contributed by atoms with van der Waals surface area (Å²) in [5.74, 6) is -6.34. The van der Waals surface area contributed by atoms with E-state index >= 15 is 0 Å². The number of fused-ring (bicyclic) bond motifs is 3. The van der Waals surface area contributed by atoms with Crippen molar-refractivity contribution in [2.75, 3.05) is 0 Å². The van der Waals surface area contributed by atoms with Gasteiger partial charge in [-0.3, -0.25) is 14.4 Å². The minimum absolute atomic E-state index is 0.0679. The molecule has 0 spiro atoms. The topological polar surface area (TPSA) is 184 Å². The van der Waals surface area contributed by atoms with E-state index in [2.05, 4.69) is 0 Å². The van der Waals surface area contributed by atoms with Gasteiger partial charge in [-0.15, -0.1) is 0 Å². The van der Waals surface area contributed by atoms with Crippen LogP contribution in [0.5, 0.6) is 11.5 Å². The summed E-state index contributed by atoms with van der Waals surface area (Å²) < 4.78 is 0. The lowest BCUT2D eigenvalue weighted by molar-refractivity contribution is -0.127. The van der Waals surface area contributed by atoms with Gasteiger partial charge >= 0.3 is 0 Å². The zero-order valence-electron chi connectivity index (χ0n) is 17.0. The number of aliphatic hydroxyl groups is 2. The van der Waals surface area contributed by atoms with Crippen LogP contribution in [0.1, 0.15) is 46.7 Å². The number of Topliss-reactive ketones (excluding diaryl/α,β-unsaturated/α-hetero) is 2. The summed E-state index contributed by atoms with van der Waals surface area (Å²) in [7, 11) is 0. The molecular weight excluding hydrogens is 416 g/mol. The Morgan fingerprint density at radius 3 is 2.41 bits per heavy atom. The van der Waals surface area contributed by atoms with Crippen molar-refractivity contribution in [3.63, 3.8) is 0 Å². The number of rotatable bonds is 2. The van der Waals surface area contributed by atoms with Crippen LogP contribution in [0.2, 0.25) is 0 Å². The maximum atomic E-state index is 13.5. The molecule has 0 unspecified atom stereocenters. The first-order chi connectivity index (χ1) is 15.1. The molecule has 32 heavy (non-hydrogen) atoms. The first kappa shape index (κ1) is 20.5. The summed E-state index contributed by atoms with van der Waals surface area (Å²) in [5, 5.41) is 44.0. The molecule has 0 saturated heterocycles. The van der Waals surface area contributed by atoms with Crippen LogP contribution in [0, 0.1) is 5.92 Å². The van der Waals surface area contributed by atoms with Crippen LogP contribution >= 0.6 is 0 Å². The molecule has 1 saturated carbocycles. The number of nitrogens with two attached hydrogens (primary N) is 2. The summed E-state index contributed by atoms with van der Waals surface area (Å²) >= 11 is 0. The highest BCUT2D eigenvalue weighted by Gasteiger charge is 2.61. The lowest BCUT2D eigenvalue weighted by Crippen LogP contribution is -2.64. The van der Waals surface area contributed by atoms with Crippen molar-refractivity contribution >= 4 is 28.2 Å². The van der Waals surface area contributed by atoms with Crippen LogP contribution in [0.25, 0.3) is 10.8 Å². The Balaban J connectivity index is 1.79. The van der Waals surface area contributed by atoms with Gasteiger partial charge in [0.05, 0.1) is 17.0 Å². The molecule has 2 aromatic rings. The number of benzene rings is 2. The molecule has 9 heteroatoms. The van der Waals surface area contributed by atoms with E-state index in [9.17, 15) is 34.8 Å². The van der Waals surface area contributed by atoms with Gasteiger partial charge in [-0.1, -0.05) is 12.5 Å². The number of aliphatic hydroxyl groups excluding tert-OH is 1. The van der Waals surface area contributed by atoms with E-state index in [4.69, 9.17) is 11.5 Å². The summed E-state index contributed by atoms with van der Waals surface area (Å²) in [4.78, 5) is 37.8. The minimum atomic E-state index is -2.71. The molecule has 0 aliphatic heterocycles. The van der Waals surface area contributed by atoms with E-state index in [-0.39, 0.29) is 29.0 Å². The SMILES string of the molecule is NC(=O)C1=C(O)[C@@]2(O)C(=O)c3c(cc4c(C5CCC5)ccc(O)c4c3O)C[C@H]2[C@@H](N)C1=O. The second kappa shape index (κ2) is 6.54. The van der Waals surface area contributed by atoms with Gasteiger partial charge < -0.3 is 31.9 Å². The quantitative estimate of drug-likeness (QED) is 0.372. The number of carbonyl (C=O) groups excluding carboxylic acids is 3. The number of primary amides is 1. The average Bonchev–Trinajstić information content (AvgIpc) is 2.69. The Morgan fingerprint density at radius 2 is 1.81 bits per heavy atom. The largest absolute Gasteiger partial charge is 0.508 e. The lowest BCUT2D eigenvalue weighted by atomic mass is 9.62. The second-order valence-electron chi connectivity index (χ2n) is 8.87. The van der Waals surface area contributed by atoms with Gasteiger partial charge in [0, 0.05) is 5.92 Å². The Morgan fingerprint density at radius 1 is 1.12 bits per heavy atom. The molecule has 0 radical (unpaired) electrons. The monoisotopic (exact) mass is 438 g/mol. The van der Waals surface area contributed by atoms with Crippen LogP contribution in [0.3, 0.4) is 0 Å². The molecule has 1 amide bonds. The molecule has 5 rings (SSSR count). The number of phenols is 2. The fourth-order valence-electron chi connectivity index (χ4n) is 5.35. The van der Waals surface area contributed by atoms with E-state index < -0.39 is 52.1 Å². The molecular formula is C23H22N2O7. The van der Waals surface area contributed by atoms with Crippen LogP contribution < -0.4 is 11.5 Å². The number of hydrogen-bond acceptors (Lipinski definition) is 8. The van der Waals surface area contributed by atoms with Crippen molar-refractivity contribution in [1.29, 1.82) is 0 Å². The van der Waals surface area contributed by atoms with Crippen molar-refractivity contribution in [3.8, 4) is 11.5 Å². The first-order valence-electron chi connectivity index (χ1n) is 10.4. The number of carbonyl (C=O) groups is 3. The van der Waals surface area contributed by atoms with Crippen molar-refractivity contribution in [2.45, 2.75) is 43.2 Å². The molecule has 3 aliphatic rings. The zero-order valence-corrected chi connectivity index (χ0v) is 17.0. The molecule has 9 nitrogen and oxygen atoms in total. The maximum absolute atomic E-state index is 13.5. The van der Waals surface area contributed by atoms with Gasteiger partial charge in [0.15, 0.2) is 11.4 Å². The molecule has 0 bridgehead atoms. The minimum Gasteiger partial charge on any atom is -0.508 e. The Bertz CT molecular complexity index is 1280. The van der Waals surface area contributed by atoms with E-state index in [1.807, 2.05) is 0 Å². The van der Waals surface area contributed by atoms with Crippen LogP contribution in [0.15, 0.2) is 29.5 Å². The highest BCUT2D eigenvalue weighted by atomic mass is 16.3. The molecule has 3 atom stereocenters. The highest BCUT2D eigenvalue weighted by molar-refractivity contribution is 6.24. The second-order valence-corrected chi connectivity index (χ2v) is 8.87. The summed E-state index contributed by atoms with van der Waals surface area (Å²) in [5.41, 5.74) is 8.50. The smallest absolute Gasteiger partial charge is 0.255 e. The Labute approximate surface area is 181 Å². The normalized spacial score (nSPS) is 27.8. The summed E-state index contributed by atoms with van der Waals surface area (Å²) in [6.07, 6.45) is 2.88. The van der Waals surface area contributed by atoms with Gasteiger partial charge in [-0.2, -0.15) is 0 Å². The third-order valence-corrected chi connectivity index (χ3v) is 7.29. The Hall–Kier alpha value is -3.43. The third-order valence-electron chi connectivity index (χ3n) is 7.29. The van der Waals surface area contributed by atoms with Gasteiger partial charge in [-0.05, 0) is 53.8 Å². The fourth-order valence-corrected chi connectivity index (χ4v) is 5.35. The molecule has 1 fully saturated rings. The molecule has 3 aliphatic carbocycles. The lowest BCUT2D eigenvalue weighted by Gasteiger charge is -2.44. The average molecular weight is 438 g/mol. The number of ketones is 2. The van der Waals surface area contributed by atoms with Crippen molar-refractivity contribution in [2.24, 2.45) is 17.4 Å². The van der Waals surface area contributed by atoms with Crippen LogP contribution in [0.4, 0.5) is 0 Å². The number of aromatic hydroxyl groups is 2. The first-order valence-corrected chi connectivity index (χ1v) is 10.4. The van der Waals surface area contributed by atoms with E-state index in [1.54, 1.807) is 12.1 Å². The van der Waals surface area contributed by atoms with Crippen LogP contribution in [-0.4, -0.2) is 49.5 Å². The fraction of sp³-hybridized carbons (Fsp3) is 0.348. The third kappa shape index (κ3) is 2.37. The molecule has 8 N–H and O–H groups in total. The predicted octanol–water partition coefficient (Wildman–Crippen LogP) is 0.812. The van der Waals surface area contributed by atoms with Crippen molar-refractivity contribution in [1.82, 2.24) is 0 Å². The molecule has 0 heterocycles. The maximum Gasteiger partial charge on any atom is 0.255 e. The molecule has 2 aromatic carbocycles. The van der Waals surface area contributed by atoms with E-state index in [1.165, 1.54) is 6.07 Å². The molecule has 166 valence electrons. The predicted molar refractivity (Wildman–Crippen MR) is 112 cm³/mol. The summed E-state index contributed by atoms with van der Waals surface area (Å²) in [6.45, 7) is 0. The zero-order chi connectivity index (χ0) is 23.1. The van der Waals surface area contributed by atoms with Crippen molar-refractivity contribution in [3.05, 3.63) is 46.2 Å². The van der Waals surface area contributed by atoms with Gasteiger partial charge in [0.1, 0.15) is 22.8 Å². The number of amides is 1. The summed E-state index contributed by atoms with van der Waals surface area (Å²) in [6, 6.07) is 3.43. The standard InChI is InChI=1S/C23H22N2O7/c24-17-12-7-9-6-11-10(8-2-1-3-8)4-5-13(26)15(11)18(27)14(9)20(29)23(12,32)21(30)16(19(17)28)22(25)31/h4-6,8,12,17,26-27,30,32H,1-3,7,24H2,(H2,25,31)/t12-,17+,23-/m0/s1. The highest BCUT2D eigenvalue weighted by Crippen LogP contribution is 2.50. The van der Waals surface area contributed by atoms with Crippen molar-refractivity contribution < 1.29 is 34.8 Å². The van der Waals surface area contributed by atoms with Gasteiger partial charge in [0.25, 0.3) is 5.91 Å². The number of hydrogen-bond donors (Lipinski definition) is 6.